The maximum absolute atomic E-state index is 11.8. The van der Waals surface area contributed by atoms with E-state index in [9.17, 15) is 4.79 Å². The van der Waals surface area contributed by atoms with Gasteiger partial charge in [-0.15, -0.1) is 0 Å². The molecular weight excluding hydrogens is 362 g/mol. The molecule has 2 aromatic rings. The largest absolute Gasteiger partial charge is 0.486 e. The highest BCUT2D eigenvalue weighted by atomic mass is 79.9. The number of aromatic nitrogens is 1. The van der Waals surface area contributed by atoms with Crippen LogP contribution in [0.25, 0.3) is 0 Å². The van der Waals surface area contributed by atoms with Gasteiger partial charge in [-0.2, -0.15) is 0 Å². The zero-order valence-corrected chi connectivity index (χ0v) is 12.9. The van der Waals surface area contributed by atoms with Crippen molar-refractivity contribution in [1.82, 2.24) is 4.57 Å². The molecule has 0 unspecified atom stereocenters. The molecule has 0 N–H and O–H groups in total. The van der Waals surface area contributed by atoms with E-state index in [0.29, 0.717) is 16.8 Å². The normalized spacial score (nSPS) is 10.4. The molecular formula is C13H11Br2NO2. The molecule has 0 bridgehead atoms. The third-order valence-electron chi connectivity index (χ3n) is 2.46. The maximum atomic E-state index is 11.8. The summed E-state index contributed by atoms with van der Waals surface area (Å²) in [4.78, 5) is 11.8. The Bertz CT molecular complexity index is 608. The standard InChI is InChI=1S/C13H11Br2NO2/c1-16-7-10(14)12(11(15)13(16)17)18-8-9-5-3-2-4-6-9/h2-7H,8H2,1H3. The summed E-state index contributed by atoms with van der Waals surface area (Å²) in [6.45, 7) is 0.422. The van der Waals surface area contributed by atoms with Crippen LogP contribution in [-0.2, 0) is 13.7 Å². The Labute approximate surface area is 122 Å². The van der Waals surface area contributed by atoms with Crippen LogP contribution in [-0.4, -0.2) is 4.57 Å². The smallest absolute Gasteiger partial charge is 0.268 e. The van der Waals surface area contributed by atoms with Crippen molar-refractivity contribution in [3.63, 3.8) is 0 Å². The zero-order chi connectivity index (χ0) is 13.1. The summed E-state index contributed by atoms with van der Waals surface area (Å²) in [6.07, 6.45) is 1.69. The molecule has 0 saturated carbocycles. The Morgan fingerprint density at radius 1 is 1.22 bits per heavy atom. The molecule has 1 heterocycles. The minimum absolute atomic E-state index is 0.124. The zero-order valence-electron chi connectivity index (χ0n) is 9.69. The molecule has 94 valence electrons. The number of ether oxygens (including phenoxy) is 1. The van der Waals surface area contributed by atoms with Crippen LogP contribution in [0.5, 0.6) is 5.75 Å². The van der Waals surface area contributed by atoms with Crippen molar-refractivity contribution in [3.8, 4) is 5.75 Å². The fourth-order valence-electron chi connectivity index (χ4n) is 1.51. The van der Waals surface area contributed by atoms with Crippen molar-refractivity contribution >= 4 is 31.9 Å². The second kappa shape index (κ2) is 5.71. The molecule has 0 aliphatic rings. The van der Waals surface area contributed by atoms with Crippen molar-refractivity contribution in [3.05, 3.63) is 61.4 Å². The van der Waals surface area contributed by atoms with E-state index in [0.717, 1.165) is 10.0 Å². The number of pyridine rings is 1. The van der Waals surface area contributed by atoms with Crippen LogP contribution in [0.1, 0.15) is 5.56 Å². The van der Waals surface area contributed by atoms with Gasteiger partial charge in [-0.05, 0) is 37.4 Å². The molecule has 0 atom stereocenters. The topological polar surface area (TPSA) is 31.2 Å². The van der Waals surface area contributed by atoms with Gasteiger partial charge in [-0.3, -0.25) is 4.79 Å². The predicted octanol–water partition coefficient (Wildman–Crippen LogP) is 3.49. The first kappa shape index (κ1) is 13.4. The number of halogens is 2. The molecule has 3 nitrogen and oxygen atoms in total. The molecule has 0 spiro atoms. The summed E-state index contributed by atoms with van der Waals surface area (Å²) >= 11 is 6.66. The molecule has 2 rings (SSSR count). The van der Waals surface area contributed by atoms with Crippen molar-refractivity contribution < 1.29 is 4.74 Å². The summed E-state index contributed by atoms with van der Waals surface area (Å²) in [5.74, 6) is 0.530. The average molecular weight is 373 g/mol. The second-order valence-corrected chi connectivity index (χ2v) is 5.46. The van der Waals surface area contributed by atoms with Gasteiger partial charge >= 0.3 is 0 Å². The molecule has 1 aromatic heterocycles. The minimum Gasteiger partial charge on any atom is -0.486 e. The highest BCUT2D eigenvalue weighted by molar-refractivity contribution is 9.11. The van der Waals surface area contributed by atoms with Gasteiger partial charge in [0.1, 0.15) is 11.1 Å². The number of rotatable bonds is 3. The van der Waals surface area contributed by atoms with Crippen molar-refractivity contribution in [1.29, 1.82) is 0 Å². The third-order valence-corrected chi connectivity index (χ3v) is 3.72. The number of hydrogen-bond donors (Lipinski definition) is 0. The van der Waals surface area contributed by atoms with E-state index in [4.69, 9.17) is 4.74 Å². The fourth-order valence-corrected chi connectivity index (χ4v) is 3.00. The van der Waals surface area contributed by atoms with Crippen molar-refractivity contribution in [2.45, 2.75) is 6.61 Å². The molecule has 0 amide bonds. The van der Waals surface area contributed by atoms with E-state index in [-0.39, 0.29) is 5.56 Å². The molecule has 0 aliphatic heterocycles. The van der Waals surface area contributed by atoms with Gasteiger partial charge in [0.25, 0.3) is 5.56 Å². The monoisotopic (exact) mass is 371 g/mol. The molecule has 5 heteroatoms. The lowest BCUT2D eigenvalue weighted by molar-refractivity contribution is 0.301. The first-order valence-electron chi connectivity index (χ1n) is 5.31. The van der Waals surface area contributed by atoms with Crippen LogP contribution >= 0.6 is 31.9 Å². The summed E-state index contributed by atoms with van der Waals surface area (Å²) in [5, 5.41) is 0. The predicted molar refractivity (Wildman–Crippen MR) is 77.9 cm³/mol. The van der Waals surface area contributed by atoms with Gasteiger partial charge in [-0.1, -0.05) is 30.3 Å². The number of nitrogens with zero attached hydrogens (tertiary/aromatic N) is 1. The van der Waals surface area contributed by atoms with Crippen LogP contribution < -0.4 is 10.3 Å². The first-order chi connectivity index (χ1) is 8.59. The number of aryl methyl sites for hydroxylation is 1. The third kappa shape index (κ3) is 2.84. The lowest BCUT2D eigenvalue weighted by Crippen LogP contribution is -2.18. The lowest BCUT2D eigenvalue weighted by atomic mass is 10.2. The molecule has 0 saturated heterocycles. The Morgan fingerprint density at radius 3 is 2.56 bits per heavy atom. The van der Waals surface area contributed by atoms with Gasteiger partial charge in [0, 0.05) is 13.2 Å². The first-order valence-corrected chi connectivity index (χ1v) is 6.89. The quantitative estimate of drug-likeness (QED) is 0.825. The number of hydrogen-bond acceptors (Lipinski definition) is 2. The molecule has 0 aliphatic carbocycles. The summed E-state index contributed by atoms with van der Waals surface area (Å²) in [5.41, 5.74) is 0.929. The summed E-state index contributed by atoms with van der Waals surface area (Å²) in [7, 11) is 1.69. The van der Waals surface area contributed by atoms with Crippen molar-refractivity contribution in [2.24, 2.45) is 7.05 Å². The van der Waals surface area contributed by atoms with E-state index in [1.54, 1.807) is 13.2 Å². The van der Waals surface area contributed by atoms with E-state index in [2.05, 4.69) is 31.9 Å². The Hall–Kier alpha value is -1.07. The van der Waals surface area contributed by atoms with Gasteiger partial charge < -0.3 is 9.30 Å². The lowest BCUT2D eigenvalue weighted by Gasteiger charge is -2.11. The molecule has 1 aromatic carbocycles. The van der Waals surface area contributed by atoms with Crippen molar-refractivity contribution in [2.75, 3.05) is 0 Å². The van der Waals surface area contributed by atoms with Crippen LogP contribution in [0.3, 0.4) is 0 Å². The SMILES string of the molecule is Cn1cc(Br)c(OCc2ccccc2)c(Br)c1=O. The number of benzene rings is 1. The molecule has 18 heavy (non-hydrogen) atoms. The summed E-state index contributed by atoms with van der Waals surface area (Å²) in [6, 6.07) is 9.80. The van der Waals surface area contributed by atoms with Crippen LogP contribution in [0, 0.1) is 0 Å². The minimum atomic E-state index is -0.124. The molecule has 0 radical (unpaired) electrons. The average Bonchev–Trinajstić information content (AvgIpc) is 2.37. The van der Waals surface area contributed by atoms with E-state index in [1.165, 1.54) is 4.57 Å². The highest BCUT2D eigenvalue weighted by Crippen LogP contribution is 2.30. The van der Waals surface area contributed by atoms with Gasteiger partial charge in [0.05, 0.1) is 4.47 Å². The van der Waals surface area contributed by atoms with E-state index in [1.807, 2.05) is 30.3 Å². The van der Waals surface area contributed by atoms with Gasteiger partial charge in [-0.25, -0.2) is 0 Å². The highest BCUT2D eigenvalue weighted by Gasteiger charge is 2.12. The van der Waals surface area contributed by atoms with E-state index >= 15 is 0 Å². The van der Waals surface area contributed by atoms with Gasteiger partial charge in [0.15, 0.2) is 5.75 Å². The second-order valence-electron chi connectivity index (χ2n) is 3.81. The summed E-state index contributed by atoms with van der Waals surface area (Å²) < 4.78 is 8.34. The Balaban J connectivity index is 2.25. The Morgan fingerprint density at radius 2 is 1.89 bits per heavy atom. The van der Waals surface area contributed by atoms with E-state index < -0.39 is 0 Å². The molecule has 0 fully saturated rings. The fraction of sp³-hybridized carbons (Fsp3) is 0.154. The van der Waals surface area contributed by atoms with Gasteiger partial charge in [0.2, 0.25) is 0 Å². The van der Waals surface area contributed by atoms with Crippen LogP contribution in [0.2, 0.25) is 0 Å². The van der Waals surface area contributed by atoms with Crippen LogP contribution in [0.15, 0.2) is 50.3 Å². The maximum Gasteiger partial charge on any atom is 0.268 e. The van der Waals surface area contributed by atoms with Crippen LogP contribution in [0.4, 0.5) is 0 Å². The Kier molecular flexibility index (Phi) is 4.24.